The molecule has 6 heteroatoms. The van der Waals surface area contributed by atoms with Crippen molar-refractivity contribution in [1.29, 1.82) is 0 Å². The lowest BCUT2D eigenvalue weighted by atomic mass is 10.0. The fourth-order valence-corrected chi connectivity index (χ4v) is 8.55. The molecule has 0 radical (unpaired) electrons. The van der Waals surface area contributed by atoms with E-state index in [1.807, 2.05) is 0 Å². The largest absolute Gasteiger partial charge is 0.462 e. The van der Waals surface area contributed by atoms with Gasteiger partial charge in [-0.3, -0.25) is 14.4 Å². The van der Waals surface area contributed by atoms with E-state index in [1.54, 1.807) is 0 Å². The molecule has 0 aromatic heterocycles. The highest BCUT2D eigenvalue weighted by molar-refractivity contribution is 5.71. The van der Waals surface area contributed by atoms with Gasteiger partial charge in [0.1, 0.15) is 13.2 Å². The zero-order chi connectivity index (χ0) is 59.2. The van der Waals surface area contributed by atoms with Gasteiger partial charge in [-0.1, -0.05) is 274 Å². The summed E-state index contributed by atoms with van der Waals surface area (Å²) < 4.78 is 16.9. The van der Waals surface area contributed by atoms with Crippen molar-refractivity contribution in [3.63, 3.8) is 0 Å². The van der Waals surface area contributed by atoms with Gasteiger partial charge in [0.25, 0.3) is 0 Å². The zero-order valence-corrected chi connectivity index (χ0v) is 52.7. The minimum Gasteiger partial charge on any atom is -0.462 e. The number of esters is 3. The molecule has 460 valence electrons. The Morgan fingerprint density at radius 3 is 0.768 bits per heavy atom. The molecule has 0 N–H and O–H groups in total. The number of rotatable bonds is 58. The third kappa shape index (κ3) is 65.6. The Labute approximate surface area is 504 Å². The van der Waals surface area contributed by atoms with E-state index >= 15 is 0 Å². The second kappa shape index (κ2) is 68.3. The molecule has 0 amide bonds. The van der Waals surface area contributed by atoms with Crippen LogP contribution < -0.4 is 0 Å². The Hall–Kier alpha value is -5.23. The van der Waals surface area contributed by atoms with Crippen LogP contribution in [-0.2, 0) is 28.6 Å². The summed E-state index contributed by atoms with van der Waals surface area (Å²) in [6.07, 6.45) is 101. The number of allylic oxidation sites excluding steroid dienone is 28. The standard InChI is InChI=1S/C76H120O6/c1-4-7-10-13-16-19-22-24-26-28-30-32-34-35-36-37-38-39-40-41-43-44-46-48-50-52-54-57-60-63-66-69-75(78)81-72-73(71-80-74(77)68-65-62-59-56-21-18-15-12-9-6-3)82-76(79)70-67-64-61-58-55-53-51-49-47-45-42-33-31-29-27-25-23-20-17-14-11-8-5-2/h7-8,10-12,15-17,19-20,24-27,30-33,35-36,38-39,41,43,46,48,52,54,73H,4-6,9,13-14,18,21-23,28-29,34,37,40,42,44-45,47,49-51,53,55-72H2,1-3H3/b10-7-,11-8-,15-12-,19-16-,20-17-,26-24-,27-25-,32-30-,33-31-,36-35-,39-38-,43-41-,48-46-,54-52-. The van der Waals surface area contributed by atoms with Gasteiger partial charge in [0.2, 0.25) is 0 Å². The highest BCUT2D eigenvalue weighted by Crippen LogP contribution is 2.15. The summed E-state index contributed by atoms with van der Waals surface area (Å²) in [5, 5.41) is 0. The quantitative estimate of drug-likeness (QED) is 0.0261. The van der Waals surface area contributed by atoms with E-state index < -0.39 is 6.10 Å². The average Bonchev–Trinajstić information content (AvgIpc) is 3.47. The van der Waals surface area contributed by atoms with Crippen molar-refractivity contribution in [3.05, 3.63) is 170 Å². The monoisotopic (exact) mass is 1130 g/mol. The van der Waals surface area contributed by atoms with Crippen molar-refractivity contribution in [3.8, 4) is 0 Å². The van der Waals surface area contributed by atoms with Gasteiger partial charge in [-0.25, -0.2) is 0 Å². The lowest BCUT2D eigenvalue weighted by Gasteiger charge is -2.18. The summed E-state index contributed by atoms with van der Waals surface area (Å²) in [6.45, 7) is 6.31. The lowest BCUT2D eigenvalue weighted by molar-refractivity contribution is -0.167. The van der Waals surface area contributed by atoms with Crippen molar-refractivity contribution in [2.24, 2.45) is 0 Å². The van der Waals surface area contributed by atoms with E-state index in [2.05, 4.69) is 191 Å². The Balaban J connectivity index is 4.35. The van der Waals surface area contributed by atoms with E-state index in [-0.39, 0.29) is 31.1 Å². The Kier molecular flexibility index (Phi) is 63.9. The van der Waals surface area contributed by atoms with Crippen molar-refractivity contribution in [2.75, 3.05) is 13.2 Å². The lowest BCUT2D eigenvalue weighted by Crippen LogP contribution is -2.30. The number of hydrogen-bond acceptors (Lipinski definition) is 6. The molecular weight excluding hydrogens is 1010 g/mol. The molecule has 0 rings (SSSR count). The van der Waals surface area contributed by atoms with Gasteiger partial charge in [0.15, 0.2) is 6.10 Å². The van der Waals surface area contributed by atoms with Gasteiger partial charge in [0.05, 0.1) is 0 Å². The van der Waals surface area contributed by atoms with Gasteiger partial charge < -0.3 is 14.2 Å². The first kappa shape index (κ1) is 76.8. The molecule has 0 aliphatic carbocycles. The predicted octanol–water partition coefficient (Wildman–Crippen LogP) is 23.0. The molecule has 0 spiro atoms. The highest BCUT2D eigenvalue weighted by atomic mass is 16.6. The first-order valence-corrected chi connectivity index (χ1v) is 33.1. The molecule has 0 aromatic rings. The summed E-state index contributed by atoms with van der Waals surface area (Å²) in [5.74, 6) is -0.954. The van der Waals surface area contributed by atoms with Crippen LogP contribution in [0.3, 0.4) is 0 Å². The van der Waals surface area contributed by atoms with E-state index in [0.29, 0.717) is 19.3 Å². The van der Waals surface area contributed by atoms with Crippen LogP contribution in [0.5, 0.6) is 0 Å². The molecule has 0 aliphatic heterocycles. The predicted molar refractivity (Wildman–Crippen MR) is 357 cm³/mol. The van der Waals surface area contributed by atoms with Crippen LogP contribution in [0.2, 0.25) is 0 Å². The van der Waals surface area contributed by atoms with E-state index in [1.165, 1.54) is 64.2 Å². The summed E-state index contributed by atoms with van der Waals surface area (Å²) in [6, 6.07) is 0. The van der Waals surface area contributed by atoms with Crippen LogP contribution in [0.4, 0.5) is 0 Å². The molecule has 0 fully saturated rings. The summed E-state index contributed by atoms with van der Waals surface area (Å²) in [5.41, 5.74) is 0. The average molecular weight is 1130 g/mol. The summed E-state index contributed by atoms with van der Waals surface area (Å²) in [4.78, 5) is 38.3. The number of carbonyl (C=O) groups excluding carboxylic acids is 3. The van der Waals surface area contributed by atoms with Gasteiger partial charge in [0, 0.05) is 19.3 Å². The maximum absolute atomic E-state index is 12.9. The first-order chi connectivity index (χ1) is 40.5. The smallest absolute Gasteiger partial charge is 0.306 e. The molecule has 0 heterocycles. The van der Waals surface area contributed by atoms with Crippen LogP contribution in [0.25, 0.3) is 0 Å². The minimum atomic E-state index is -0.807. The fraction of sp³-hybridized carbons (Fsp3) is 0.592. The molecule has 0 aliphatic rings. The third-order valence-corrected chi connectivity index (χ3v) is 13.4. The SMILES string of the molecule is CC/C=C\C/C=C\C/C=C\C/C=C\C/C=C\C/C=C\C/C=C\C/C=C\C/C=C\CCCCCC(=O)OCC(COC(=O)CCCCCCC/C=C\CCC)OC(=O)CCCCCCCCCCCC/C=C\C/C=C\C/C=C\C/C=C\CC. The Morgan fingerprint density at radius 1 is 0.256 bits per heavy atom. The summed E-state index contributed by atoms with van der Waals surface area (Å²) >= 11 is 0. The van der Waals surface area contributed by atoms with Crippen molar-refractivity contribution in [1.82, 2.24) is 0 Å². The van der Waals surface area contributed by atoms with Gasteiger partial charge >= 0.3 is 17.9 Å². The molecule has 1 unspecified atom stereocenters. The number of carbonyl (C=O) groups is 3. The second-order valence-corrected chi connectivity index (χ2v) is 21.3. The molecule has 1 atom stereocenters. The maximum Gasteiger partial charge on any atom is 0.306 e. The van der Waals surface area contributed by atoms with E-state index in [4.69, 9.17) is 14.2 Å². The van der Waals surface area contributed by atoms with Crippen LogP contribution in [0.1, 0.15) is 271 Å². The normalized spacial score (nSPS) is 13.3. The first-order valence-electron chi connectivity index (χ1n) is 33.1. The fourth-order valence-electron chi connectivity index (χ4n) is 8.55. The van der Waals surface area contributed by atoms with Gasteiger partial charge in [-0.05, 0) is 148 Å². The molecule has 82 heavy (non-hydrogen) atoms. The number of unbranched alkanes of at least 4 members (excludes halogenated alkanes) is 19. The highest BCUT2D eigenvalue weighted by Gasteiger charge is 2.19. The van der Waals surface area contributed by atoms with Crippen molar-refractivity contribution >= 4 is 17.9 Å². The molecule has 6 nitrogen and oxygen atoms in total. The van der Waals surface area contributed by atoms with Crippen LogP contribution in [-0.4, -0.2) is 37.2 Å². The molecule has 0 bridgehead atoms. The molecule has 0 aromatic carbocycles. The Bertz CT molecular complexity index is 1870. The van der Waals surface area contributed by atoms with Crippen LogP contribution >= 0.6 is 0 Å². The molecule has 0 saturated heterocycles. The number of hydrogen-bond donors (Lipinski definition) is 0. The number of ether oxygens (including phenoxy) is 3. The second-order valence-electron chi connectivity index (χ2n) is 21.3. The topological polar surface area (TPSA) is 78.9 Å². The van der Waals surface area contributed by atoms with Crippen LogP contribution in [0.15, 0.2) is 170 Å². The molecular formula is C76H120O6. The van der Waals surface area contributed by atoms with E-state index in [0.717, 1.165) is 167 Å². The van der Waals surface area contributed by atoms with Crippen molar-refractivity contribution < 1.29 is 28.6 Å². The Morgan fingerprint density at radius 2 is 0.476 bits per heavy atom. The zero-order valence-electron chi connectivity index (χ0n) is 52.7. The van der Waals surface area contributed by atoms with Gasteiger partial charge in [-0.2, -0.15) is 0 Å². The van der Waals surface area contributed by atoms with Crippen molar-refractivity contribution in [2.45, 2.75) is 277 Å². The molecule has 0 saturated carbocycles. The van der Waals surface area contributed by atoms with E-state index in [9.17, 15) is 14.4 Å². The minimum absolute atomic E-state index is 0.102. The van der Waals surface area contributed by atoms with Gasteiger partial charge in [-0.15, -0.1) is 0 Å². The third-order valence-electron chi connectivity index (χ3n) is 13.4. The maximum atomic E-state index is 12.9. The van der Waals surface area contributed by atoms with Crippen LogP contribution in [0, 0.1) is 0 Å². The summed E-state index contributed by atoms with van der Waals surface area (Å²) in [7, 11) is 0.